The zero-order valence-electron chi connectivity index (χ0n) is 8.37. The average Bonchev–Trinajstić information content (AvgIpc) is 2.73. The zero-order chi connectivity index (χ0) is 10.1. The van der Waals surface area contributed by atoms with Crippen molar-refractivity contribution in [3.63, 3.8) is 0 Å². The molecule has 0 amide bonds. The van der Waals surface area contributed by atoms with Crippen LogP contribution < -0.4 is 0 Å². The van der Waals surface area contributed by atoms with Crippen LogP contribution in [0.15, 0.2) is 0 Å². The van der Waals surface area contributed by atoms with Gasteiger partial charge in [-0.2, -0.15) is 11.8 Å². The van der Waals surface area contributed by atoms with Gasteiger partial charge < -0.3 is 0 Å². The molecule has 0 aromatic carbocycles. The zero-order valence-corrected chi connectivity index (χ0v) is 10.0. The molecule has 0 spiro atoms. The molecule has 1 aliphatic heterocycles. The Kier molecular flexibility index (Phi) is 2.93. The molecule has 76 valence electrons. The van der Waals surface area contributed by atoms with E-state index in [1.54, 1.807) is 11.8 Å². The minimum atomic E-state index is 0.202. The van der Waals surface area contributed by atoms with E-state index in [0.717, 1.165) is 27.8 Å². The Bertz CT molecular complexity index is 353. The van der Waals surface area contributed by atoms with Crippen molar-refractivity contribution in [3.8, 4) is 0 Å². The third kappa shape index (κ3) is 1.86. The first kappa shape index (κ1) is 10.2. The van der Waals surface area contributed by atoms with Gasteiger partial charge in [-0.1, -0.05) is 0 Å². The summed E-state index contributed by atoms with van der Waals surface area (Å²) in [4.78, 5) is 17.2. The fraction of sp³-hybridized carbons (Fsp3) is 0.600. The van der Waals surface area contributed by atoms with E-state index in [1.165, 1.54) is 17.8 Å². The number of thioether (sulfide) groups is 1. The minimum absolute atomic E-state index is 0.202. The van der Waals surface area contributed by atoms with Crippen molar-refractivity contribution >= 4 is 28.9 Å². The molecule has 2 nitrogen and oxygen atoms in total. The molecule has 14 heavy (non-hydrogen) atoms. The molecule has 1 atom stereocenters. The highest BCUT2D eigenvalue weighted by molar-refractivity contribution is 8.00. The van der Waals surface area contributed by atoms with Crippen molar-refractivity contribution in [2.75, 3.05) is 5.75 Å². The van der Waals surface area contributed by atoms with Gasteiger partial charge in [0.1, 0.15) is 0 Å². The Morgan fingerprint density at radius 1 is 1.50 bits per heavy atom. The monoisotopic (exact) mass is 227 g/mol. The lowest BCUT2D eigenvalue weighted by Gasteiger charge is -2.04. The first-order chi connectivity index (χ1) is 6.68. The average molecular weight is 227 g/mol. The summed E-state index contributed by atoms with van der Waals surface area (Å²) in [7, 11) is 0. The van der Waals surface area contributed by atoms with E-state index in [4.69, 9.17) is 0 Å². The molecule has 0 aliphatic carbocycles. The number of carbonyl (C=O) groups is 1. The Hall–Kier alpha value is -0.350. The third-order valence-corrected chi connectivity index (χ3v) is 4.81. The summed E-state index contributed by atoms with van der Waals surface area (Å²) in [6.45, 7) is 3.88. The summed E-state index contributed by atoms with van der Waals surface area (Å²) in [5.74, 6) is 1.43. The predicted molar refractivity (Wildman–Crippen MR) is 61.4 cm³/mol. The lowest BCUT2D eigenvalue weighted by atomic mass is 10.1. The first-order valence-electron chi connectivity index (χ1n) is 4.78. The third-order valence-electron chi connectivity index (χ3n) is 2.35. The second kappa shape index (κ2) is 4.03. The quantitative estimate of drug-likeness (QED) is 0.728. The summed E-state index contributed by atoms with van der Waals surface area (Å²) < 4.78 is 0. The molecule has 1 aromatic heterocycles. The van der Waals surface area contributed by atoms with Crippen molar-refractivity contribution < 1.29 is 4.79 Å². The molecule has 1 saturated heterocycles. The van der Waals surface area contributed by atoms with Gasteiger partial charge in [0.25, 0.3) is 0 Å². The van der Waals surface area contributed by atoms with E-state index in [1.807, 2.05) is 13.8 Å². The molecule has 2 heterocycles. The number of ketones is 1. The number of aryl methyl sites for hydroxylation is 2. The van der Waals surface area contributed by atoms with Crippen LogP contribution in [0.3, 0.4) is 0 Å². The Morgan fingerprint density at radius 3 is 2.79 bits per heavy atom. The standard InChI is InChI=1S/C10H13NOS2/c1-6-10(14-7(2)11-6)9(12)8-4-3-5-13-8/h8H,3-5H2,1-2H3. The van der Waals surface area contributed by atoms with Gasteiger partial charge in [-0.15, -0.1) is 11.3 Å². The van der Waals surface area contributed by atoms with E-state index in [2.05, 4.69) is 4.98 Å². The van der Waals surface area contributed by atoms with Gasteiger partial charge in [-0.25, -0.2) is 4.98 Å². The van der Waals surface area contributed by atoms with E-state index < -0.39 is 0 Å². The molecule has 1 unspecified atom stereocenters. The maximum absolute atomic E-state index is 12.0. The summed E-state index contributed by atoms with van der Waals surface area (Å²) >= 11 is 3.33. The molecule has 2 rings (SSSR count). The fourth-order valence-corrected chi connectivity index (χ4v) is 3.90. The van der Waals surface area contributed by atoms with Crippen LogP contribution in [0.5, 0.6) is 0 Å². The number of carbonyl (C=O) groups excluding carboxylic acids is 1. The van der Waals surface area contributed by atoms with Gasteiger partial charge in [-0.3, -0.25) is 4.79 Å². The van der Waals surface area contributed by atoms with Crippen LogP contribution in [0.2, 0.25) is 0 Å². The van der Waals surface area contributed by atoms with E-state index in [-0.39, 0.29) is 5.25 Å². The second-order valence-corrected chi connectivity index (χ2v) is 6.03. The van der Waals surface area contributed by atoms with E-state index in [9.17, 15) is 4.79 Å². The molecule has 1 fully saturated rings. The van der Waals surface area contributed by atoms with Crippen molar-refractivity contribution in [1.82, 2.24) is 4.98 Å². The highest BCUT2D eigenvalue weighted by Gasteiger charge is 2.27. The Balaban J connectivity index is 2.21. The van der Waals surface area contributed by atoms with Crippen LogP contribution in [0.4, 0.5) is 0 Å². The lowest BCUT2D eigenvalue weighted by molar-refractivity contribution is 0.0991. The maximum Gasteiger partial charge on any atom is 0.187 e. The highest BCUT2D eigenvalue weighted by Crippen LogP contribution is 2.31. The van der Waals surface area contributed by atoms with Crippen LogP contribution in [0.1, 0.15) is 33.2 Å². The number of thiazole rings is 1. The largest absolute Gasteiger partial charge is 0.292 e. The SMILES string of the molecule is Cc1nc(C)c(C(=O)C2CCCS2)s1. The van der Waals surface area contributed by atoms with Crippen LogP contribution >= 0.6 is 23.1 Å². The fourth-order valence-electron chi connectivity index (χ4n) is 1.69. The van der Waals surface area contributed by atoms with E-state index >= 15 is 0 Å². The smallest absolute Gasteiger partial charge is 0.187 e. The van der Waals surface area contributed by atoms with Crippen molar-refractivity contribution in [2.24, 2.45) is 0 Å². The molecular formula is C10H13NOS2. The number of hydrogen-bond donors (Lipinski definition) is 0. The van der Waals surface area contributed by atoms with Gasteiger partial charge in [0, 0.05) is 0 Å². The van der Waals surface area contributed by atoms with Crippen LogP contribution in [-0.4, -0.2) is 21.8 Å². The summed E-state index contributed by atoms with van der Waals surface area (Å²) in [5, 5.41) is 1.20. The van der Waals surface area contributed by atoms with Crippen LogP contribution in [0, 0.1) is 13.8 Å². The van der Waals surface area contributed by atoms with Crippen molar-refractivity contribution in [2.45, 2.75) is 31.9 Å². The van der Waals surface area contributed by atoms with Gasteiger partial charge in [0.05, 0.1) is 20.8 Å². The molecule has 1 aliphatic rings. The molecule has 0 bridgehead atoms. The first-order valence-corrected chi connectivity index (χ1v) is 6.65. The topological polar surface area (TPSA) is 30.0 Å². The van der Waals surface area contributed by atoms with Gasteiger partial charge >= 0.3 is 0 Å². The Morgan fingerprint density at radius 2 is 2.29 bits per heavy atom. The number of hydrogen-bond acceptors (Lipinski definition) is 4. The van der Waals surface area contributed by atoms with Crippen molar-refractivity contribution in [1.29, 1.82) is 0 Å². The lowest BCUT2D eigenvalue weighted by Crippen LogP contribution is -2.13. The second-order valence-electron chi connectivity index (χ2n) is 3.51. The molecule has 0 radical (unpaired) electrons. The summed E-state index contributed by atoms with van der Waals surface area (Å²) in [6, 6.07) is 0. The van der Waals surface area contributed by atoms with Crippen LogP contribution in [0.25, 0.3) is 0 Å². The predicted octanol–water partition coefficient (Wildman–Crippen LogP) is 2.84. The van der Waals surface area contributed by atoms with Gasteiger partial charge in [-0.05, 0) is 32.4 Å². The molecule has 0 N–H and O–H groups in total. The summed E-state index contributed by atoms with van der Waals surface area (Å²) in [6.07, 6.45) is 2.22. The van der Waals surface area contributed by atoms with Crippen molar-refractivity contribution in [3.05, 3.63) is 15.6 Å². The number of nitrogens with zero attached hydrogens (tertiary/aromatic N) is 1. The number of Topliss-reactive ketones (excluding diaryl/α,β-unsaturated/α-hetero) is 1. The highest BCUT2D eigenvalue weighted by atomic mass is 32.2. The van der Waals surface area contributed by atoms with Gasteiger partial charge in [0.2, 0.25) is 0 Å². The normalized spacial score (nSPS) is 21.4. The molecular weight excluding hydrogens is 214 g/mol. The maximum atomic E-state index is 12.0. The van der Waals surface area contributed by atoms with Crippen LogP contribution in [-0.2, 0) is 0 Å². The summed E-state index contributed by atoms with van der Waals surface area (Å²) in [5.41, 5.74) is 0.907. The number of rotatable bonds is 2. The molecule has 4 heteroatoms. The minimum Gasteiger partial charge on any atom is -0.292 e. The molecule has 1 aromatic rings. The Labute approximate surface area is 92.1 Å². The molecule has 0 saturated carbocycles. The van der Waals surface area contributed by atoms with E-state index in [0.29, 0.717) is 5.78 Å². The van der Waals surface area contributed by atoms with Gasteiger partial charge in [0.15, 0.2) is 5.78 Å². The number of aromatic nitrogens is 1.